The quantitative estimate of drug-likeness (QED) is 0.874. The molecule has 5 heteroatoms. The summed E-state index contributed by atoms with van der Waals surface area (Å²) in [4.78, 5) is 15.0. The highest BCUT2D eigenvalue weighted by atomic mass is 79.9. The van der Waals surface area contributed by atoms with Gasteiger partial charge in [0.25, 0.3) is 0 Å². The van der Waals surface area contributed by atoms with Gasteiger partial charge in [-0.3, -0.25) is 4.98 Å². The Morgan fingerprint density at radius 1 is 1.40 bits per heavy atom. The molecule has 0 unspecified atom stereocenters. The minimum absolute atomic E-state index is 0.0375. The molecule has 0 atom stereocenters. The summed E-state index contributed by atoms with van der Waals surface area (Å²) in [6.07, 6.45) is 1.54. The van der Waals surface area contributed by atoms with Crippen LogP contribution in [0.15, 0.2) is 28.9 Å². The van der Waals surface area contributed by atoms with Crippen LogP contribution >= 0.6 is 27.5 Å². The standard InChI is InChI=1S/C10H5BrClNO2/c11-6-3-4-13-9-5(6)1-2-7(12)8(9)10(14)15/h1-4H,(H,14,15). The zero-order chi connectivity index (χ0) is 11.0. The predicted molar refractivity (Wildman–Crippen MR) is 61.4 cm³/mol. The Kier molecular flexibility index (Phi) is 2.63. The number of carboxylic acid groups (broad SMARTS) is 1. The van der Waals surface area contributed by atoms with Gasteiger partial charge in [0.05, 0.1) is 10.5 Å². The lowest BCUT2D eigenvalue weighted by Gasteiger charge is -2.04. The summed E-state index contributed by atoms with van der Waals surface area (Å²) in [6, 6.07) is 5.04. The van der Waals surface area contributed by atoms with E-state index < -0.39 is 5.97 Å². The highest BCUT2D eigenvalue weighted by Gasteiger charge is 2.15. The van der Waals surface area contributed by atoms with Gasteiger partial charge in [-0.1, -0.05) is 33.6 Å². The number of nitrogens with zero attached hydrogens (tertiary/aromatic N) is 1. The second kappa shape index (κ2) is 3.79. The second-order valence-electron chi connectivity index (χ2n) is 2.92. The molecule has 2 rings (SSSR count). The number of hydrogen-bond donors (Lipinski definition) is 1. The Bertz CT molecular complexity index is 556. The van der Waals surface area contributed by atoms with Crippen molar-refractivity contribution in [2.75, 3.05) is 0 Å². The van der Waals surface area contributed by atoms with Gasteiger partial charge < -0.3 is 5.11 Å². The van der Waals surface area contributed by atoms with E-state index in [9.17, 15) is 4.79 Å². The third kappa shape index (κ3) is 1.70. The molecule has 1 aromatic heterocycles. The fourth-order valence-electron chi connectivity index (χ4n) is 1.36. The topological polar surface area (TPSA) is 50.2 Å². The van der Waals surface area contributed by atoms with E-state index in [1.807, 2.05) is 0 Å². The summed E-state index contributed by atoms with van der Waals surface area (Å²) >= 11 is 9.14. The highest BCUT2D eigenvalue weighted by molar-refractivity contribution is 9.10. The van der Waals surface area contributed by atoms with Gasteiger partial charge in [-0.25, -0.2) is 4.79 Å². The molecule has 0 spiro atoms. The predicted octanol–water partition coefficient (Wildman–Crippen LogP) is 3.35. The van der Waals surface area contributed by atoms with Crippen molar-refractivity contribution < 1.29 is 9.90 Å². The summed E-state index contributed by atoms with van der Waals surface area (Å²) in [5.74, 6) is -1.07. The molecule has 15 heavy (non-hydrogen) atoms. The Morgan fingerprint density at radius 2 is 2.13 bits per heavy atom. The van der Waals surface area contributed by atoms with E-state index in [0.29, 0.717) is 5.52 Å². The molecule has 1 N–H and O–H groups in total. The lowest BCUT2D eigenvalue weighted by Crippen LogP contribution is -2.00. The van der Waals surface area contributed by atoms with Gasteiger partial charge in [-0.2, -0.15) is 0 Å². The Hall–Kier alpha value is -1.13. The molecule has 0 aliphatic carbocycles. The number of benzene rings is 1. The van der Waals surface area contributed by atoms with Gasteiger partial charge >= 0.3 is 5.97 Å². The average Bonchev–Trinajstić information content (AvgIpc) is 2.17. The number of aromatic carboxylic acids is 1. The van der Waals surface area contributed by atoms with Crippen molar-refractivity contribution in [1.29, 1.82) is 0 Å². The summed E-state index contributed by atoms with van der Waals surface area (Å²) in [7, 11) is 0. The van der Waals surface area contributed by atoms with Crippen LogP contribution in [0.3, 0.4) is 0 Å². The van der Waals surface area contributed by atoms with Crippen LogP contribution in [-0.2, 0) is 0 Å². The first-order valence-corrected chi connectivity index (χ1v) is 5.24. The summed E-state index contributed by atoms with van der Waals surface area (Å²) in [5.41, 5.74) is 0.430. The van der Waals surface area contributed by atoms with Crippen molar-refractivity contribution in [3.63, 3.8) is 0 Å². The van der Waals surface area contributed by atoms with E-state index in [1.54, 1.807) is 18.2 Å². The first-order valence-electron chi connectivity index (χ1n) is 4.07. The Labute approximate surface area is 98.8 Å². The van der Waals surface area contributed by atoms with Crippen molar-refractivity contribution in [2.45, 2.75) is 0 Å². The third-order valence-electron chi connectivity index (χ3n) is 2.02. The molecule has 3 nitrogen and oxygen atoms in total. The van der Waals surface area contributed by atoms with Crippen LogP contribution < -0.4 is 0 Å². The van der Waals surface area contributed by atoms with Crippen LogP contribution in [0.4, 0.5) is 0 Å². The Balaban J connectivity index is 2.94. The number of hydrogen-bond acceptors (Lipinski definition) is 2. The molecule has 76 valence electrons. The number of halogens is 2. The van der Waals surface area contributed by atoms with E-state index >= 15 is 0 Å². The summed E-state index contributed by atoms with van der Waals surface area (Å²) in [5, 5.41) is 9.95. The molecule has 1 aromatic carbocycles. The Morgan fingerprint density at radius 3 is 2.80 bits per heavy atom. The zero-order valence-corrected chi connectivity index (χ0v) is 9.71. The number of carboxylic acids is 1. The molecule has 0 amide bonds. The zero-order valence-electron chi connectivity index (χ0n) is 7.37. The lowest BCUT2D eigenvalue weighted by molar-refractivity contribution is 0.0699. The van der Waals surface area contributed by atoms with Crippen molar-refractivity contribution in [3.8, 4) is 0 Å². The smallest absolute Gasteiger partial charge is 0.339 e. The molecule has 0 fully saturated rings. The summed E-state index contributed by atoms with van der Waals surface area (Å²) in [6.45, 7) is 0. The van der Waals surface area contributed by atoms with Crippen molar-refractivity contribution >= 4 is 44.4 Å². The van der Waals surface area contributed by atoms with E-state index in [4.69, 9.17) is 16.7 Å². The van der Waals surface area contributed by atoms with Gasteiger partial charge in [0, 0.05) is 16.1 Å². The lowest BCUT2D eigenvalue weighted by atomic mass is 10.1. The molecule has 0 aliphatic rings. The van der Waals surface area contributed by atoms with Crippen molar-refractivity contribution in [1.82, 2.24) is 4.98 Å². The minimum Gasteiger partial charge on any atom is -0.478 e. The van der Waals surface area contributed by atoms with Crippen molar-refractivity contribution in [2.24, 2.45) is 0 Å². The largest absolute Gasteiger partial charge is 0.478 e. The van der Waals surface area contributed by atoms with Gasteiger partial charge in [0.1, 0.15) is 5.56 Å². The maximum absolute atomic E-state index is 11.0. The number of rotatable bonds is 1. The van der Waals surface area contributed by atoms with Crippen LogP contribution in [0, 0.1) is 0 Å². The average molecular weight is 287 g/mol. The van der Waals surface area contributed by atoms with E-state index in [0.717, 1.165) is 9.86 Å². The van der Waals surface area contributed by atoms with Crippen LogP contribution in [0.2, 0.25) is 5.02 Å². The van der Waals surface area contributed by atoms with Crippen LogP contribution in [0.1, 0.15) is 10.4 Å². The molecular weight excluding hydrogens is 281 g/mol. The first-order chi connectivity index (χ1) is 7.11. The molecular formula is C10H5BrClNO2. The van der Waals surface area contributed by atoms with E-state index in [2.05, 4.69) is 20.9 Å². The number of aromatic nitrogens is 1. The number of pyridine rings is 1. The maximum Gasteiger partial charge on any atom is 0.339 e. The molecule has 0 saturated carbocycles. The molecule has 0 radical (unpaired) electrons. The van der Waals surface area contributed by atoms with E-state index in [-0.39, 0.29) is 10.6 Å². The SMILES string of the molecule is O=C(O)c1c(Cl)ccc2c(Br)ccnc12. The monoisotopic (exact) mass is 285 g/mol. The first kappa shape index (κ1) is 10.4. The molecule has 0 bridgehead atoms. The van der Waals surface area contributed by atoms with Gasteiger partial charge in [0.15, 0.2) is 0 Å². The fraction of sp³-hybridized carbons (Fsp3) is 0. The minimum atomic E-state index is -1.07. The van der Waals surface area contributed by atoms with Gasteiger partial charge in [-0.05, 0) is 12.1 Å². The van der Waals surface area contributed by atoms with Crippen LogP contribution in [0.25, 0.3) is 10.9 Å². The van der Waals surface area contributed by atoms with Gasteiger partial charge in [0.2, 0.25) is 0 Å². The molecule has 2 aromatic rings. The van der Waals surface area contributed by atoms with Gasteiger partial charge in [-0.15, -0.1) is 0 Å². The highest BCUT2D eigenvalue weighted by Crippen LogP contribution is 2.29. The molecule has 0 aliphatic heterocycles. The second-order valence-corrected chi connectivity index (χ2v) is 4.18. The normalized spacial score (nSPS) is 10.5. The number of carbonyl (C=O) groups is 1. The third-order valence-corrected chi connectivity index (χ3v) is 3.03. The fourth-order valence-corrected chi connectivity index (χ4v) is 2.04. The maximum atomic E-state index is 11.0. The molecule has 1 heterocycles. The number of fused-ring (bicyclic) bond motifs is 1. The van der Waals surface area contributed by atoms with Crippen LogP contribution in [-0.4, -0.2) is 16.1 Å². The summed E-state index contributed by atoms with van der Waals surface area (Å²) < 4.78 is 0.798. The van der Waals surface area contributed by atoms with E-state index in [1.165, 1.54) is 6.20 Å². The van der Waals surface area contributed by atoms with Crippen molar-refractivity contribution in [3.05, 3.63) is 39.5 Å². The molecule has 0 saturated heterocycles. The van der Waals surface area contributed by atoms with Crippen LogP contribution in [0.5, 0.6) is 0 Å².